The zero-order chi connectivity index (χ0) is 13.3. The molecule has 1 heterocycles. The van der Waals surface area contributed by atoms with E-state index in [0.29, 0.717) is 0 Å². The molecule has 0 unspecified atom stereocenters. The minimum atomic E-state index is -0.350. The molecular formula is C13H17N3O2. The maximum atomic E-state index is 10.8. The quantitative estimate of drug-likeness (QED) is 0.667. The summed E-state index contributed by atoms with van der Waals surface area (Å²) in [5.41, 5.74) is 3.37. The Bertz CT molecular complexity index is 587. The first-order valence-corrected chi connectivity index (χ1v) is 5.89. The van der Waals surface area contributed by atoms with Gasteiger partial charge in [-0.1, -0.05) is 0 Å². The number of rotatable bonds is 4. The Morgan fingerprint density at radius 1 is 1.39 bits per heavy atom. The predicted octanol–water partition coefficient (Wildman–Crippen LogP) is 2.49. The van der Waals surface area contributed by atoms with Gasteiger partial charge in [-0.3, -0.25) is 10.1 Å². The van der Waals surface area contributed by atoms with Crippen LogP contribution < -0.4 is 0 Å². The van der Waals surface area contributed by atoms with Crippen LogP contribution >= 0.6 is 0 Å². The van der Waals surface area contributed by atoms with Crippen molar-refractivity contribution in [1.29, 1.82) is 0 Å². The van der Waals surface area contributed by atoms with Crippen molar-refractivity contribution in [3.05, 3.63) is 39.6 Å². The number of H-pyrrole nitrogens is 1. The number of hydrogen-bond acceptors (Lipinski definition) is 3. The first-order chi connectivity index (χ1) is 8.49. The second-order valence-electron chi connectivity index (χ2n) is 4.77. The zero-order valence-corrected chi connectivity index (χ0v) is 10.9. The summed E-state index contributed by atoms with van der Waals surface area (Å²) < 4.78 is 0. The number of aromatic amines is 1. The van der Waals surface area contributed by atoms with E-state index in [2.05, 4.69) is 9.88 Å². The normalized spacial score (nSPS) is 11.3. The average molecular weight is 247 g/mol. The highest BCUT2D eigenvalue weighted by Gasteiger charge is 2.13. The Balaban J connectivity index is 2.46. The molecule has 0 fully saturated rings. The number of fused-ring (bicyclic) bond motifs is 1. The summed E-state index contributed by atoms with van der Waals surface area (Å²) in [4.78, 5) is 15.8. The lowest BCUT2D eigenvalue weighted by atomic mass is 10.1. The van der Waals surface area contributed by atoms with Crippen molar-refractivity contribution in [2.24, 2.45) is 0 Å². The van der Waals surface area contributed by atoms with Crippen LogP contribution in [0.4, 0.5) is 5.69 Å². The molecule has 0 radical (unpaired) electrons. The van der Waals surface area contributed by atoms with Gasteiger partial charge in [0.15, 0.2) is 0 Å². The molecule has 0 aliphatic rings. The molecule has 1 aromatic heterocycles. The van der Waals surface area contributed by atoms with Crippen molar-refractivity contribution in [3.8, 4) is 0 Å². The maximum Gasteiger partial charge on any atom is 0.270 e. The Kier molecular flexibility index (Phi) is 3.34. The molecule has 0 atom stereocenters. The summed E-state index contributed by atoms with van der Waals surface area (Å²) >= 11 is 0. The van der Waals surface area contributed by atoms with Gasteiger partial charge in [0.25, 0.3) is 5.69 Å². The number of nitrogens with one attached hydrogen (secondary N) is 1. The third kappa shape index (κ3) is 2.36. The van der Waals surface area contributed by atoms with Gasteiger partial charge in [0.2, 0.25) is 0 Å². The van der Waals surface area contributed by atoms with E-state index >= 15 is 0 Å². The average Bonchev–Trinajstić information content (AvgIpc) is 2.60. The molecule has 0 saturated carbocycles. The SMILES string of the molecule is Cc1[nH]c2ccc([N+](=O)[O-])cc2c1CCN(C)C. The van der Waals surface area contributed by atoms with Crippen LogP contribution in [0.1, 0.15) is 11.3 Å². The summed E-state index contributed by atoms with van der Waals surface area (Å²) in [6, 6.07) is 4.97. The summed E-state index contributed by atoms with van der Waals surface area (Å²) in [5, 5.41) is 11.8. The van der Waals surface area contributed by atoms with Gasteiger partial charge in [-0.25, -0.2) is 0 Å². The van der Waals surface area contributed by atoms with E-state index in [4.69, 9.17) is 0 Å². The number of aromatic nitrogens is 1. The molecule has 18 heavy (non-hydrogen) atoms. The maximum absolute atomic E-state index is 10.8. The van der Waals surface area contributed by atoms with Crippen LogP contribution in [-0.4, -0.2) is 35.4 Å². The van der Waals surface area contributed by atoms with Crippen molar-refractivity contribution in [2.45, 2.75) is 13.3 Å². The first kappa shape index (κ1) is 12.6. The number of hydrogen-bond donors (Lipinski definition) is 1. The number of nitrogens with zero attached hydrogens (tertiary/aromatic N) is 2. The molecule has 2 aromatic rings. The van der Waals surface area contributed by atoms with Gasteiger partial charge >= 0.3 is 0 Å². The van der Waals surface area contributed by atoms with E-state index in [-0.39, 0.29) is 10.6 Å². The number of nitro benzene ring substituents is 1. The minimum absolute atomic E-state index is 0.146. The monoisotopic (exact) mass is 247 g/mol. The van der Waals surface area contributed by atoms with Gasteiger partial charge in [-0.2, -0.15) is 0 Å². The molecule has 0 saturated heterocycles. The molecule has 5 heteroatoms. The minimum Gasteiger partial charge on any atom is -0.358 e. The summed E-state index contributed by atoms with van der Waals surface area (Å²) in [5.74, 6) is 0. The van der Waals surface area contributed by atoms with E-state index < -0.39 is 0 Å². The number of nitro groups is 1. The first-order valence-electron chi connectivity index (χ1n) is 5.89. The second-order valence-corrected chi connectivity index (χ2v) is 4.77. The van der Waals surface area contributed by atoms with E-state index in [1.54, 1.807) is 12.1 Å². The third-order valence-electron chi connectivity index (χ3n) is 3.12. The van der Waals surface area contributed by atoms with Gasteiger partial charge in [0.1, 0.15) is 0 Å². The van der Waals surface area contributed by atoms with Crippen molar-refractivity contribution >= 4 is 16.6 Å². The number of benzene rings is 1. The van der Waals surface area contributed by atoms with Crippen LogP contribution in [0.15, 0.2) is 18.2 Å². The Morgan fingerprint density at radius 3 is 2.72 bits per heavy atom. The second kappa shape index (κ2) is 4.78. The highest BCUT2D eigenvalue weighted by Crippen LogP contribution is 2.26. The van der Waals surface area contributed by atoms with E-state index in [1.165, 1.54) is 11.6 Å². The summed E-state index contributed by atoms with van der Waals surface area (Å²) in [6.45, 7) is 2.94. The lowest BCUT2D eigenvalue weighted by molar-refractivity contribution is -0.384. The van der Waals surface area contributed by atoms with Crippen molar-refractivity contribution in [1.82, 2.24) is 9.88 Å². The molecule has 1 aromatic carbocycles. The topological polar surface area (TPSA) is 62.2 Å². The van der Waals surface area contributed by atoms with Crippen LogP contribution in [0, 0.1) is 17.0 Å². The lowest BCUT2D eigenvalue weighted by Gasteiger charge is -2.09. The van der Waals surface area contributed by atoms with E-state index in [1.807, 2.05) is 21.0 Å². The largest absolute Gasteiger partial charge is 0.358 e. The van der Waals surface area contributed by atoms with E-state index in [9.17, 15) is 10.1 Å². The third-order valence-corrected chi connectivity index (χ3v) is 3.12. The summed E-state index contributed by atoms with van der Waals surface area (Å²) in [7, 11) is 4.04. The van der Waals surface area contributed by atoms with Crippen molar-refractivity contribution < 1.29 is 4.92 Å². The van der Waals surface area contributed by atoms with Crippen molar-refractivity contribution in [3.63, 3.8) is 0 Å². The van der Waals surface area contributed by atoms with Gasteiger partial charge < -0.3 is 9.88 Å². The van der Waals surface area contributed by atoms with E-state index in [0.717, 1.165) is 29.6 Å². The Labute approximate surface area is 106 Å². The highest BCUT2D eigenvalue weighted by molar-refractivity contribution is 5.86. The van der Waals surface area contributed by atoms with Crippen LogP contribution in [0.2, 0.25) is 0 Å². The number of likely N-dealkylation sites (N-methyl/N-ethyl adjacent to an activating group) is 1. The van der Waals surface area contributed by atoms with Crippen molar-refractivity contribution in [2.75, 3.05) is 20.6 Å². The zero-order valence-electron chi connectivity index (χ0n) is 10.9. The molecule has 0 aliphatic carbocycles. The van der Waals surface area contributed by atoms with Gasteiger partial charge in [-0.15, -0.1) is 0 Å². The molecule has 0 bridgehead atoms. The number of non-ortho nitro benzene ring substituents is 1. The van der Waals surface area contributed by atoms with Crippen LogP contribution in [-0.2, 0) is 6.42 Å². The van der Waals surface area contributed by atoms with Crippen LogP contribution in [0.5, 0.6) is 0 Å². The van der Waals surface area contributed by atoms with Crippen LogP contribution in [0.3, 0.4) is 0 Å². The Morgan fingerprint density at radius 2 is 2.11 bits per heavy atom. The molecule has 2 rings (SSSR count). The fourth-order valence-electron chi connectivity index (χ4n) is 2.14. The van der Waals surface area contributed by atoms with Gasteiger partial charge in [0, 0.05) is 35.3 Å². The smallest absolute Gasteiger partial charge is 0.270 e. The fraction of sp³-hybridized carbons (Fsp3) is 0.385. The summed E-state index contributed by atoms with van der Waals surface area (Å²) in [6.07, 6.45) is 0.889. The lowest BCUT2D eigenvalue weighted by Crippen LogP contribution is -2.15. The van der Waals surface area contributed by atoms with Crippen LogP contribution in [0.25, 0.3) is 10.9 Å². The molecule has 0 aliphatic heterocycles. The molecular weight excluding hydrogens is 230 g/mol. The highest BCUT2D eigenvalue weighted by atomic mass is 16.6. The van der Waals surface area contributed by atoms with Gasteiger partial charge in [-0.05, 0) is 39.1 Å². The molecule has 0 spiro atoms. The standard InChI is InChI=1S/C13H17N3O2/c1-9-11(6-7-15(2)3)12-8-10(16(17)18)4-5-13(12)14-9/h4-5,8,14H,6-7H2,1-3H3. The fourth-order valence-corrected chi connectivity index (χ4v) is 2.14. The molecule has 96 valence electrons. The molecule has 1 N–H and O–H groups in total. The predicted molar refractivity (Wildman–Crippen MR) is 71.9 cm³/mol. The molecule has 5 nitrogen and oxygen atoms in total. The molecule has 0 amide bonds. The van der Waals surface area contributed by atoms with Gasteiger partial charge in [0.05, 0.1) is 4.92 Å². The number of aryl methyl sites for hydroxylation is 1. The Hall–Kier alpha value is -1.88.